The predicted molar refractivity (Wildman–Crippen MR) is 103 cm³/mol. The maximum absolute atomic E-state index is 13.1. The minimum Gasteiger partial charge on any atom is -0.503 e. The summed E-state index contributed by atoms with van der Waals surface area (Å²) in [6, 6.07) is 10.1. The number of thiophene rings is 1. The smallest absolute Gasteiger partial charge is 0.290 e. The number of rotatable bonds is 7. The topological polar surface area (TPSA) is 71.3 Å². The normalized spacial score (nSPS) is 17.1. The molecule has 0 spiro atoms. The molecule has 1 aromatic carbocycles. The second-order valence-corrected chi connectivity index (χ2v) is 7.65. The molecule has 1 atom stereocenters. The van der Waals surface area contributed by atoms with E-state index in [1.54, 1.807) is 41.7 Å². The van der Waals surface area contributed by atoms with Crippen LogP contribution in [0.1, 0.15) is 21.3 Å². The molecule has 2 aromatic rings. The number of Topliss-reactive ketones (excluding diaryl/α,β-unsaturated/α-hetero) is 1. The van der Waals surface area contributed by atoms with Crippen LogP contribution >= 0.6 is 11.3 Å². The number of quaternary nitrogens is 1. The highest BCUT2D eigenvalue weighted by molar-refractivity contribution is 7.12. The summed E-state index contributed by atoms with van der Waals surface area (Å²) in [6.07, 6.45) is 0. The number of likely N-dealkylation sites (N-methyl/N-ethyl adjacent to an activating group) is 1. The summed E-state index contributed by atoms with van der Waals surface area (Å²) in [5.74, 6) is -0.658. The molecule has 0 fully saturated rings. The number of nitrogens with zero attached hydrogens (tertiary/aromatic N) is 1. The Bertz CT molecular complexity index is 874. The van der Waals surface area contributed by atoms with E-state index in [9.17, 15) is 14.7 Å². The molecule has 1 aromatic heterocycles. The lowest BCUT2D eigenvalue weighted by atomic mass is 9.95. The van der Waals surface area contributed by atoms with E-state index in [-0.39, 0.29) is 11.4 Å². The van der Waals surface area contributed by atoms with Crippen molar-refractivity contribution >= 4 is 23.0 Å². The Balaban J connectivity index is 2.07. The van der Waals surface area contributed by atoms with Gasteiger partial charge in [-0.2, -0.15) is 0 Å². The van der Waals surface area contributed by atoms with Gasteiger partial charge >= 0.3 is 0 Å². The van der Waals surface area contributed by atoms with Crippen LogP contribution < -0.4 is 9.64 Å². The van der Waals surface area contributed by atoms with E-state index in [1.807, 2.05) is 26.2 Å². The third-order valence-corrected chi connectivity index (χ3v) is 5.42. The SMILES string of the molecule is COc1cccc([C@@H]2C(C(=O)c3cccs3)=C(O)C(=O)N2CC[NH+](C)C)c1. The fourth-order valence-electron chi connectivity index (χ4n) is 3.16. The summed E-state index contributed by atoms with van der Waals surface area (Å²) in [5.41, 5.74) is 0.866. The van der Waals surface area contributed by atoms with Crippen LogP contribution in [-0.4, -0.2) is 56.0 Å². The van der Waals surface area contributed by atoms with E-state index in [1.165, 1.54) is 16.2 Å². The van der Waals surface area contributed by atoms with Gasteiger partial charge in [0, 0.05) is 0 Å². The fraction of sp³-hybridized carbons (Fsp3) is 0.300. The lowest BCUT2D eigenvalue weighted by Gasteiger charge is -2.27. The summed E-state index contributed by atoms with van der Waals surface area (Å²) < 4.78 is 5.30. The van der Waals surface area contributed by atoms with E-state index < -0.39 is 17.7 Å². The van der Waals surface area contributed by atoms with Crippen LogP contribution in [0, 0.1) is 0 Å². The number of ketones is 1. The summed E-state index contributed by atoms with van der Waals surface area (Å²) >= 11 is 1.29. The number of carbonyl (C=O) groups is 2. The molecule has 1 amide bonds. The van der Waals surface area contributed by atoms with Crippen molar-refractivity contribution in [2.24, 2.45) is 0 Å². The maximum atomic E-state index is 13.1. The summed E-state index contributed by atoms with van der Waals surface area (Å²) in [4.78, 5) is 29.1. The number of hydrogen-bond acceptors (Lipinski definition) is 5. The second kappa shape index (κ2) is 7.94. The average Bonchev–Trinajstić information content (AvgIpc) is 3.28. The van der Waals surface area contributed by atoms with Crippen molar-refractivity contribution in [1.29, 1.82) is 0 Å². The van der Waals surface area contributed by atoms with Crippen molar-refractivity contribution in [2.75, 3.05) is 34.3 Å². The molecule has 0 unspecified atom stereocenters. The molecule has 0 aliphatic carbocycles. The zero-order valence-electron chi connectivity index (χ0n) is 15.6. The van der Waals surface area contributed by atoms with Gasteiger partial charge in [0.2, 0.25) is 5.78 Å². The Labute approximate surface area is 162 Å². The maximum Gasteiger partial charge on any atom is 0.290 e. The average molecular weight is 387 g/mol. The molecular formula is C20H23N2O4S+. The molecule has 3 rings (SSSR count). The molecule has 2 heterocycles. The summed E-state index contributed by atoms with van der Waals surface area (Å²) in [5, 5.41) is 12.4. The molecule has 27 heavy (non-hydrogen) atoms. The first-order chi connectivity index (χ1) is 12.9. The highest BCUT2D eigenvalue weighted by Gasteiger charge is 2.44. The van der Waals surface area contributed by atoms with E-state index in [0.717, 1.165) is 5.56 Å². The van der Waals surface area contributed by atoms with Crippen molar-refractivity contribution < 1.29 is 24.3 Å². The zero-order valence-corrected chi connectivity index (χ0v) is 16.4. The van der Waals surface area contributed by atoms with Gasteiger partial charge in [0.1, 0.15) is 5.75 Å². The van der Waals surface area contributed by atoms with Crippen LogP contribution in [0.15, 0.2) is 53.1 Å². The first kappa shape index (κ1) is 19.1. The van der Waals surface area contributed by atoms with Gasteiger partial charge in [-0.25, -0.2) is 0 Å². The number of amides is 1. The molecule has 0 radical (unpaired) electrons. The van der Waals surface area contributed by atoms with E-state index >= 15 is 0 Å². The number of carbonyl (C=O) groups excluding carboxylic acids is 2. The number of aliphatic hydroxyl groups excluding tert-OH is 1. The largest absolute Gasteiger partial charge is 0.503 e. The summed E-state index contributed by atoms with van der Waals surface area (Å²) in [6.45, 7) is 1.12. The van der Waals surface area contributed by atoms with Crippen molar-refractivity contribution in [1.82, 2.24) is 4.90 Å². The molecule has 2 N–H and O–H groups in total. The fourth-order valence-corrected chi connectivity index (χ4v) is 3.84. The molecule has 6 nitrogen and oxygen atoms in total. The number of ether oxygens (including phenoxy) is 1. The van der Waals surface area contributed by atoms with Crippen LogP contribution in [0.5, 0.6) is 5.75 Å². The van der Waals surface area contributed by atoms with Gasteiger partial charge in [0.15, 0.2) is 5.76 Å². The molecule has 0 bridgehead atoms. The number of aliphatic hydroxyl groups is 1. The minimum atomic E-state index is -0.637. The van der Waals surface area contributed by atoms with Crippen LogP contribution in [0.4, 0.5) is 0 Å². The van der Waals surface area contributed by atoms with E-state index in [4.69, 9.17) is 4.74 Å². The summed E-state index contributed by atoms with van der Waals surface area (Å²) in [7, 11) is 5.55. The molecule has 0 saturated heterocycles. The van der Waals surface area contributed by atoms with Crippen LogP contribution in [0.25, 0.3) is 0 Å². The Kier molecular flexibility index (Phi) is 5.62. The lowest BCUT2D eigenvalue weighted by Crippen LogP contribution is -3.06. The molecule has 1 aliphatic rings. The Morgan fingerprint density at radius 3 is 2.70 bits per heavy atom. The van der Waals surface area contributed by atoms with Gasteiger partial charge in [0.05, 0.1) is 50.8 Å². The first-order valence-corrected chi connectivity index (χ1v) is 9.57. The Morgan fingerprint density at radius 1 is 1.30 bits per heavy atom. The quantitative estimate of drug-likeness (QED) is 0.706. The van der Waals surface area contributed by atoms with Crippen molar-refractivity contribution in [3.63, 3.8) is 0 Å². The predicted octanol–water partition coefficient (Wildman–Crippen LogP) is 1.48. The number of nitrogens with one attached hydrogen (secondary N) is 1. The molecule has 1 aliphatic heterocycles. The van der Waals surface area contributed by atoms with Gasteiger partial charge in [-0.05, 0) is 29.1 Å². The van der Waals surface area contributed by atoms with Crippen molar-refractivity contribution in [3.05, 3.63) is 63.6 Å². The Hall–Kier alpha value is -2.64. The monoisotopic (exact) mass is 387 g/mol. The zero-order chi connectivity index (χ0) is 19.6. The van der Waals surface area contributed by atoms with Gasteiger partial charge < -0.3 is 19.6 Å². The second-order valence-electron chi connectivity index (χ2n) is 6.70. The highest BCUT2D eigenvalue weighted by atomic mass is 32.1. The van der Waals surface area contributed by atoms with Gasteiger partial charge in [-0.3, -0.25) is 9.59 Å². The molecule has 0 saturated carbocycles. The van der Waals surface area contributed by atoms with Gasteiger partial charge in [-0.1, -0.05) is 18.2 Å². The lowest BCUT2D eigenvalue weighted by molar-refractivity contribution is -0.857. The van der Waals surface area contributed by atoms with Crippen molar-refractivity contribution in [3.8, 4) is 5.75 Å². The third-order valence-electron chi connectivity index (χ3n) is 4.56. The molecular weight excluding hydrogens is 364 g/mol. The number of methoxy groups -OCH3 is 1. The highest BCUT2D eigenvalue weighted by Crippen LogP contribution is 2.40. The first-order valence-electron chi connectivity index (χ1n) is 8.69. The standard InChI is InChI=1S/C20H22N2O4S/c1-21(2)9-10-22-17(13-6-4-7-14(12-13)26-3)16(19(24)20(22)25)18(23)15-8-5-11-27-15/h4-8,11-12,17,24H,9-10H2,1-3H3/p+1/t17-/m1/s1. The number of benzene rings is 1. The number of hydrogen-bond donors (Lipinski definition) is 2. The van der Waals surface area contributed by atoms with E-state index in [2.05, 4.69) is 0 Å². The Morgan fingerprint density at radius 2 is 2.07 bits per heavy atom. The van der Waals surface area contributed by atoms with Crippen LogP contribution in [0.2, 0.25) is 0 Å². The van der Waals surface area contributed by atoms with Gasteiger partial charge in [0.25, 0.3) is 5.91 Å². The van der Waals surface area contributed by atoms with Crippen LogP contribution in [0.3, 0.4) is 0 Å². The van der Waals surface area contributed by atoms with Gasteiger partial charge in [-0.15, -0.1) is 11.3 Å². The van der Waals surface area contributed by atoms with E-state index in [0.29, 0.717) is 23.7 Å². The van der Waals surface area contributed by atoms with Crippen LogP contribution in [-0.2, 0) is 4.79 Å². The molecule has 142 valence electrons. The third kappa shape index (κ3) is 3.74. The molecule has 7 heteroatoms. The van der Waals surface area contributed by atoms with Crippen molar-refractivity contribution in [2.45, 2.75) is 6.04 Å². The minimum absolute atomic E-state index is 0.129.